The topological polar surface area (TPSA) is 55.4 Å². The average Bonchev–Trinajstić information content (AvgIpc) is 2.25. The van der Waals surface area contributed by atoms with Crippen LogP contribution < -0.4 is 10.1 Å². The van der Waals surface area contributed by atoms with Crippen molar-refractivity contribution in [3.8, 4) is 5.75 Å². The van der Waals surface area contributed by atoms with Crippen LogP contribution in [0.3, 0.4) is 0 Å². The Balaban J connectivity index is 3.00. The van der Waals surface area contributed by atoms with Crippen LogP contribution in [0.1, 0.15) is 31.9 Å². The summed E-state index contributed by atoms with van der Waals surface area (Å²) in [5.41, 5.74) is 0.219. The quantitative estimate of drug-likeness (QED) is 0.685. The molecular weight excluding hydrogens is 275 g/mol. The normalized spacial score (nSPS) is 12.7. The zero-order valence-electron chi connectivity index (χ0n) is 11.0. The monoisotopic (exact) mass is 289 g/mol. The molecule has 0 saturated carbocycles. The predicted molar refractivity (Wildman–Crippen MR) is 65.0 cm³/mol. The molecule has 0 aromatic heterocycles. The summed E-state index contributed by atoms with van der Waals surface area (Å²) >= 11 is 0. The van der Waals surface area contributed by atoms with E-state index in [1.807, 2.05) is 0 Å². The summed E-state index contributed by atoms with van der Waals surface area (Å²) in [6, 6.07) is 4.41. The molecule has 0 bridgehead atoms. The van der Waals surface area contributed by atoms with Gasteiger partial charge in [0, 0.05) is 13.8 Å². The molecule has 0 heterocycles. The van der Waals surface area contributed by atoms with E-state index in [0.29, 0.717) is 0 Å². The van der Waals surface area contributed by atoms with E-state index in [1.165, 1.54) is 31.2 Å². The van der Waals surface area contributed by atoms with Gasteiger partial charge in [0.15, 0.2) is 0 Å². The van der Waals surface area contributed by atoms with E-state index in [-0.39, 0.29) is 11.3 Å². The number of benzene rings is 1. The van der Waals surface area contributed by atoms with Crippen LogP contribution in [-0.4, -0.2) is 18.1 Å². The number of alkyl halides is 3. The van der Waals surface area contributed by atoms with E-state index in [0.717, 1.165) is 6.92 Å². The number of halogens is 3. The second-order valence-electron chi connectivity index (χ2n) is 4.24. The molecule has 4 nitrogen and oxygen atoms in total. The van der Waals surface area contributed by atoms with Gasteiger partial charge in [0.25, 0.3) is 0 Å². The molecule has 0 radical (unpaired) electrons. The van der Waals surface area contributed by atoms with E-state index < -0.39 is 30.5 Å². The molecule has 0 fully saturated rings. The molecule has 110 valence electrons. The van der Waals surface area contributed by atoms with Crippen molar-refractivity contribution in [3.05, 3.63) is 29.8 Å². The number of esters is 1. The van der Waals surface area contributed by atoms with Crippen molar-refractivity contribution >= 4 is 11.9 Å². The molecule has 1 rings (SSSR count). The largest absolute Gasteiger partial charge is 0.427 e. The Morgan fingerprint density at radius 3 is 2.45 bits per heavy atom. The van der Waals surface area contributed by atoms with Gasteiger partial charge in [-0.15, -0.1) is 0 Å². The molecular formula is C13H14F3NO3. The van der Waals surface area contributed by atoms with Crippen LogP contribution in [-0.2, 0) is 9.59 Å². The molecule has 20 heavy (non-hydrogen) atoms. The highest BCUT2D eigenvalue weighted by atomic mass is 19.4. The second kappa shape index (κ2) is 6.40. The maximum atomic E-state index is 12.5. The number of nitrogens with one attached hydrogen (secondary N) is 1. The Hall–Kier alpha value is -2.05. The lowest BCUT2D eigenvalue weighted by atomic mass is 10.0. The van der Waals surface area contributed by atoms with Gasteiger partial charge in [0.1, 0.15) is 5.75 Å². The number of amides is 1. The molecule has 0 aliphatic rings. The highest BCUT2D eigenvalue weighted by molar-refractivity contribution is 5.73. The van der Waals surface area contributed by atoms with Gasteiger partial charge in [-0.3, -0.25) is 9.59 Å². The first-order chi connectivity index (χ1) is 9.17. The third kappa shape index (κ3) is 5.73. The van der Waals surface area contributed by atoms with E-state index in [9.17, 15) is 22.8 Å². The van der Waals surface area contributed by atoms with Crippen LogP contribution in [0.5, 0.6) is 5.75 Å². The van der Waals surface area contributed by atoms with Crippen molar-refractivity contribution in [2.75, 3.05) is 0 Å². The molecule has 0 spiro atoms. The second-order valence-corrected chi connectivity index (χ2v) is 4.24. The molecule has 1 N–H and O–H groups in total. The maximum Gasteiger partial charge on any atom is 0.391 e. The van der Waals surface area contributed by atoms with E-state index >= 15 is 0 Å². The van der Waals surface area contributed by atoms with Crippen molar-refractivity contribution < 1.29 is 27.5 Å². The molecule has 1 aromatic rings. The molecule has 0 saturated heterocycles. The third-order valence-electron chi connectivity index (χ3n) is 2.34. The highest BCUT2D eigenvalue weighted by Gasteiger charge is 2.33. The zero-order valence-corrected chi connectivity index (χ0v) is 11.0. The van der Waals surface area contributed by atoms with E-state index in [1.54, 1.807) is 0 Å². The Kier molecular flexibility index (Phi) is 5.12. The van der Waals surface area contributed by atoms with Crippen LogP contribution >= 0.6 is 0 Å². The molecule has 7 heteroatoms. The fourth-order valence-corrected chi connectivity index (χ4v) is 1.69. The Morgan fingerprint density at radius 2 is 1.95 bits per heavy atom. The lowest BCUT2D eigenvalue weighted by Gasteiger charge is -2.20. The van der Waals surface area contributed by atoms with Crippen molar-refractivity contribution in [1.82, 2.24) is 5.32 Å². The number of ether oxygens (including phenoxy) is 1. The average molecular weight is 289 g/mol. The lowest BCUT2D eigenvalue weighted by Crippen LogP contribution is -2.30. The first-order valence-electron chi connectivity index (χ1n) is 5.79. The Labute approximate surface area is 113 Å². The molecule has 0 aliphatic heterocycles. The molecule has 0 aliphatic carbocycles. The van der Waals surface area contributed by atoms with Gasteiger partial charge in [-0.05, 0) is 17.7 Å². The minimum atomic E-state index is -4.43. The van der Waals surface area contributed by atoms with Crippen molar-refractivity contribution in [2.45, 2.75) is 32.5 Å². The fourth-order valence-electron chi connectivity index (χ4n) is 1.69. The van der Waals surface area contributed by atoms with E-state index in [4.69, 9.17) is 4.74 Å². The summed E-state index contributed by atoms with van der Waals surface area (Å²) < 4.78 is 42.4. The lowest BCUT2D eigenvalue weighted by molar-refractivity contribution is -0.142. The van der Waals surface area contributed by atoms with Crippen LogP contribution in [0.15, 0.2) is 24.3 Å². The van der Waals surface area contributed by atoms with Crippen molar-refractivity contribution in [3.63, 3.8) is 0 Å². The van der Waals surface area contributed by atoms with Gasteiger partial charge in [-0.25, -0.2) is 0 Å². The van der Waals surface area contributed by atoms with Gasteiger partial charge >= 0.3 is 12.1 Å². The first kappa shape index (κ1) is 16.0. The summed E-state index contributed by atoms with van der Waals surface area (Å²) in [5.74, 6) is -1.02. The Morgan fingerprint density at radius 1 is 1.30 bits per heavy atom. The summed E-state index contributed by atoms with van der Waals surface area (Å²) in [7, 11) is 0. The van der Waals surface area contributed by atoms with Crippen LogP contribution in [0.25, 0.3) is 0 Å². The highest BCUT2D eigenvalue weighted by Crippen LogP contribution is 2.30. The smallest absolute Gasteiger partial charge is 0.391 e. The fraction of sp³-hybridized carbons (Fsp3) is 0.385. The van der Waals surface area contributed by atoms with Crippen molar-refractivity contribution in [2.24, 2.45) is 0 Å². The van der Waals surface area contributed by atoms with Crippen molar-refractivity contribution in [1.29, 1.82) is 0 Å². The number of hydrogen-bond acceptors (Lipinski definition) is 3. The summed E-state index contributed by atoms with van der Waals surface area (Å²) in [4.78, 5) is 21.8. The predicted octanol–water partition coefficient (Wildman–Crippen LogP) is 2.74. The SMILES string of the molecule is CC(=O)NC(CC(F)(F)F)c1cccc(OC(C)=O)c1. The van der Waals surface area contributed by atoms with Gasteiger partial charge in [0.05, 0.1) is 12.5 Å². The minimum Gasteiger partial charge on any atom is -0.427 e. The van der Waals surface area contributed by atoms with Gasteiger partial charge in [-0.1, -0.05) is 12.1 Å². The summed E-state index contributed by atoms with van der Waals surface area (Å²) in [5, 5.41) is 2.23. The van der Waals surface area contributed by atoms with Crippen LogP contribution in [0.4, 0.5) is 13.2 Å². The summed E-state index contributed by atoms with van der Waals surface area (Å²) in [6.07, 6.45) is -5.62. The number of carbonyl (C=O) groups excluding carboxylic acids is 2. The van der Waals surface area contributed by atoms with E-state index in [2.05, 4.69) is 5.32 Å². The standard InChI is InChI=1S/C13H14F3NO3/c1-8(18)17-12(7-13(14,15)16)10-4-3-5-11(6-10)20-9(2)19/h3-6,12H,7H2,1-2H3,(H,17,18). The molecule has 1 amide bonds. The van der Waals surface area contributed by atoms with Gasteiger partial charge in [0.2, 0.25) is 5.91 Å². The van der Waals surface area contributed by atoms with Crippen LogP contribution in [0, 0.1) is 0 Å². The van der Waals surface area contributed by atoms with Gasteiger partial charge < -0.3 is 10.1 Å². The third-order valence-corrected chi connectivity index (χ3v) is 2.34. The molecule has 1 unspecified atom stereocenters. The minimum absolute atomic E-state index is 0.132. The number of carbonyl (C=O) groups is 2. The Bertz CT molecular complexity index is 500. The number of hydrogen-bond donors (Lipinski definition) is 1. The van der Waals surface area contributed by atoms with Gasteiger partial charge in [-0.2, -0.15) is 13.2 Å². The summed E-state index contributed by atoms with van der Waals surface area (Å²) in [6.45, 7) is 2.33. The molecule has 1 atom stereocenters. The first-order valence-corrected chi connectivity index (χ1v) is 5.79. The number of rotatable bonds is 4. The molecule has 1 aromatic carbocycles. The zero-order chi connectivity index (χ0) is 15.3. The maximum absolute atomic E-state index is 12.5. The van der Waals surface area contributed by atoms with Crippen LogP contribution in [0.2, 0.25) is 0 Å².